The molecule has 0 aliphatic carbocycles. The fourth-order valence-electron chi connectivity index (χ4n) is 2.27. The molecular formula is C13H23N3O. The van der Waals surface area contributed by atoms with E-state index in [0.717, 1.165) is 38.8 Å². The Balaban J connectivity index is 2.33. The van der Waals surface area contributed by atoms with Crippen LogP contribution in [-0.2, 0) is 4.79 Å². The fourth-order valence-corrected chi connectivity index (χ4v) is 2.27. The van der Waals surface area contributed by atoms with E-state index < -0.39 is 0 Å². The van der Waals surface area contributed by atoms with Gasteiger partial charge in [0.05, 0.1) is 18.5 Å². The summed E-state index contributed by atoms with van der Waals surface area (Å²) in [4.78, 5) is 13.9. The first-order chi connectivity index (χ1) is 8.19. The van der Waals surface area contributed by atoms with Crippen molar-refractivity contribution in [3.63, 3.8) is 0 Å². The Kier molecular flexibility index (Phi) is 5.99. The minimum Gasteiger partial charge on any atom is -0.352 e. The van der Waals surface area contributed by atoms with Crippen molar-refractivity contribution in [3.05, 3.63) is 0 Å². The average molecular weight is 237 g/mol. The van der Waals surface area contributed by atoms with Gasteiger partial charge in [-0.2, -0.15) is 5.26 Å². The van der Waals surface area contributed by atoms with Gasteiger partial charge in [0, 0.05) is 12.6 Å². The zero-order valence-electron chi connectivity index (χ0n) is 10.9. The number of nitrogens with one attached hydrogen (secondary N) is 1. The summed E-state index contributed by atoms with van der Waals surface area (Å²) in [6.45, 7) is 6.29. The van der Waals surface area contributed by atoms with Gasteiger partial charge in [-0.25, -0.2) is 0 Å². The zero-order valence-corrected chi connectivity index (χ0v) is 10.9. The molecule has 1 fully saturated rings. The second kappa shape index (κ2) is 7.29. The molecule has 4 nitrogen and oxygen atoms in total. The maximum atomic E-state index is 11.8. The lowest BCUT2D eigenvalue weighted by molar-refractivity contribution is -0.123. The SMILES string of the molecule is CCC(CC)NC(=O)CN1CCCC(C#N)C1. The topological polar surface area (TPSA) is 56.1 Å². The molecule has 1 rings (SSSR count). The lowest BCUT2D eigenvalue weighted by Gasteiger charge is -2.29. The number of likely N-dealkylation sites (tertiary alicyclic amines) is 1. The Morgan fingerprint density at radius 3 is 2.82 bits per heavy atom. The van der Waals surface area contributed by atoms with Crippen LogP contribution >= 0.6 is 0 Å². The molecule has 1 amide bonds. The Hall–Kier alpha value is -1.08. The highest BCUT2D eigenvalue weighted by molar-refractivity contribution is 5.78. The molecule has 0 spiro atoms. The largest absolute Gasteiger partial charge is 0.352 e. The predicted molar refractivity (Wildman–Crippen MR) is 67.3 cm³/mol. The summed E-state index contributed by atoms with van der Waals surface area (Å²) < 4.78 is 0. The van der Waals surface area contributed by atoms with Gasteiger partial charge in [-0.15, -0.1) is 0 Å². The van der Waals surface area contributed by atoms with Crippen LogP contribution in [-0.4, -0.2) is 36.5 Å². The number of hydrogen-bond acceptors (Lipinski definition) is 3. The Morgan fingerprint density at radius 1 is 1.53 bits per heavy atom. The molecular weight excluding hydrogens is 214 g/mol. The van der Waals surface area contributed by atoms with Crippen molar-refractivity contribution < 1.29 is 4.79 Å². The van der Waals surface area contributed by atoms with E-state index >= 15 is 0 Å². The second-order valence-corrected chi connectivity index (χ2v) is 4.78. The monoisotopic (exact) mass is 237 g/mol. The minimum absolute atomic E-state index is 0.0947. The van der Waals surface area contributed by atoms with Gasteiger partial charge >= 0.3 is 0 Å². The van der Waals surface area contributed by atoms with Gasteiger partial charge in [0.25, 0.3) is 0 Å². The summed E-state index contributed by atoms with van der Waals surface area (Å²) in [5, 5.41) is 11.9. The number of carbonyl (C=O) groups is 1. The molecule has 96 valence electrons. The molecule has 1 saturated heterocycles. The third-order valence-corrected chi connectivity index (χ3v) is 3.41. The van der Waals surface area contributed by atoms with Gasteiger partial charge in [-0.05, 0) is 32.2 Å². The number of amides is 1. The summed E-state index contributed by atoms with van der Waals surface area (Å²) in [5.41, 5.74) is 0. The summed E-state index contributed by atoms with van der Waals surface area (Å²) >= 11 is 0. The minimum atomic E-state index is 0.0947. The molecule has 0 saturated carbocycles. The quantitative estimate of drug-likeness (QED) is 0.789. The maximum absolute atomic E-state index is 11.8. The number of piperidine rings is 1. The molecule has 1 heterocycles. The Morgan fingerprint density at radius 2 is 2.24 bits per heavy atom. The van der Waals surface area contributed by atoms with Crippen LogP contribution in [0.4, 0.5) is 0 Å². The molecule has 1 unspecified atom stereocenters. The number of hydrogen-bond donors (Lipinski definition) is 1. The molecule has 0 radical (unpaired) electrons. The first-order valence-electron chi connectivity index (χ1n) is 6.60. The molecule has 0 aromatic rings. The molecule has 0 aromatic carbocycles. The lowest BCUT2D eigenvalue weighted by Crippen LogP contribution is -2.44. The third kappa shape index (κ3) is 4.74. The Labute approximate surface area is 104 Å². The second-order valence-electron chi connectivity index (χ2n) is 4.78. The van der Waals surface area contributed by atoms with Crippen LogP contribution in [0, 0.1) is 17.2 Å². The van der Waals surface area contributed by atoms with E-state index in [0.29, 0.717) is 12.6 Å². The van der Waals surface area contributed by atoms with Gasteiger partial charge in [0.2, 0.25) is 5.91 Å². The number of nitrogens with zero attached hydrogens (tertiary/aromatic N) is 2. The summed E-state index contributed by atoms with van der Waals surface area (Å²) in [6.07, 6.45) is 3.95. The van der Waals surface area contributed by atoms with Crippen LogP contribution in [0.2, 0.25) is 0 Å². The van der Waals surface area contributed by atoms with Gasteiger partial charge in [0.1, 0.15) is 0 Å². The van der Waals surface area contributed by atoms with E-state index in [9.17, 15) is 4.79 Å². The molecule has 0 bridgehead atoms. The van der Waals surface area contributed by atoms with Crippen molar-refractivity contribution >= 4 is 5.91 Å². The molecule has 1 N–H and O–H groups in total. The van der Waals surface area contributed by atoms with Crippen LogP contribution in [0.3, 0.4) is 0 Å². The van der Waals surface area contributed by atoms with Crippen molar-refractivity contribution in [2.75, 3.05) is 19.6 Å². The van der Waals surface area contributed by atoms with Gasteiger partial charge in [-0.1, -0.05) is 13.8 Å². The van der Waals surface area contributed by atoms with Crippen LogP contribution in [0.15, 0.2) is 0 Å². The fraction of sp³-hybridized carbons (Fsp3) is 0.846. The van der Waals surface area contributed by atoms with Crippen LogP contribution in [0.25, 0.3) is 0 Å². The first kappa shape index (κ1) is 14.0. The van der Waals surface area contributed by atoms with E-state index in [-0.39, 0.29) is 11.8 Å². The van der Waals surface area contributed by atoms with Crippen LogP contribution < -0.4 is 5.32 Å². The van der Waals surface area contributed by atoms with Crippen LogP contribution in [0.1, 0.15) is 39.5 Å². The number of carbonyl (C=O) groups excluding carboxylic acids is 1. The molecule has 1 atom stereocenters. The molecule has 1 aliphatic rings. The van der Waals surface area contributed by atoms with E-state index in [1.165, 1.54) is 0 Å². The zero-order chi connectivity index (χ0) is 12.7. The summed E-state index contributed by atoms with van der Waals surface area (Å²) in [5.74, 6) is 0.196. The number of rotatable bonds is 5. The smallest absolute Gasteiger partial charge is 0.234 e. The number of nitriles is 1. The first-order valence-corrected chi connectivity index (χ1v) is 6.60. The van der Waals surface area contributed by atoms with Gasteiger partial charge < -0.3 is 5.32 Å². The summed E-state index contributed by atoms with van der Waals surface area (Å²) in [7, 11) is 0. The van der Waals surface area contributed by atoms with E-state index in [1.54, 1.807) is 0 Å². The standard InChI is InChI=1S/C13H23N3O/c1-3-12(4-2)15-13(17)10-16-7-5-6-11(8-14)9-16/h11-12H,3-7,9-10H2,1-2H3,(H,15,17). The van der Waals surface area contributed by atoms with Crippen molar-refractivity contribution in [2.24, 2.45) is 5.92 Å². The van der Waals surface area contributed by atoms with Crippen molar-refractivity contribution in [3.8, 4) is 6.07 Å². The van der Waals surface area contributed by atoms with Crippen molar-refractivity contribution in [1.29, 1.82) is 5.26 Å². The van der Waals surface area contributed by atoms with Crippen molar-refractivity contribution in [1.82, 2.24) is 10.2 Å². The maximum Gasteiger partial charge on any atom is 0.234 e. The lowest BCUT2D eigenvalue weighted by atomic mass is 10.00. The normalized spacial score (nSPS) is 21.2. The van der Waals surface area contributed by atoms with E-state index in [2.05, 4.69) is 30.1 Å². The Bertz CT molecular complexity index is 281. The molecule has 0 aromatic heterocycles. The third-order valence-electron chi connectivity index (χ3n) is 3.41. The van der Waals surface area contributed by atoms with Gasteiger partial charge in [-0.3, -0.25) is 9.69 Å². The van der Waals surface area contributed by atoms with Gasteiger partial charge in [0.15, 0.2) is 0 Å². The van der Waals surface area contributed by atoms with Crippen molar-refractivity contribution in [2.45, 2.75) is 45.6 Å². The van der Waals surface area contributed by atoms with E-state index in [4.69, 9.17) is 5.26 Å². The average Bonchev–Trinajstić information content (AvgIpc) is 2.36. The summed E-state index contributed by atoms with van der Waals surface area (Å²) in [6, 6.07) is 2.59. The van der Waals surface area contributed by atoms with E-state index in [1.807, 2.05) is 0 Å². The predicted octanol–water partition coefficient (Wildman–Crippen LogP) is 1.53. The molecule has 1 aliphatic heterocycles. The highest BCUT2D eigenvalue weighted by atomic mass is 16.2. The molecule has 17 heavy (non-hydrogen) atoms. The highest BCUT2D eigenvalue weighted by Gasteiger charge is 2.21. The highest BCUT2D eigenvalue weighted by Crippen LogP contribution is 2.14. The van der Waals surface area contributed by atoms with Crippen LogP contribution in [0.5, 0.6) is 0 Å². The molecule has 4 heteroatoms.